The Balaban J connectivity index is 2.75. The Morgan fingerprint density at radius 1 is 1.82 bits per heavy atom. The van der Waals surface area contributed by atoms with Crippen LogP contribution in [0.4, 0.5) is 0 Å². The summed E-state index contributed by atoms with van der Waals surface area (Å²) in [6, 6.07) is 0. The summed E-state index contributed by atoms with van der Waals surface area (Å²) in [7, 11) is 3.64. The van der Waals surface area contributed by atoms with Crippen molar-refractivity contribution in [2.45, 2.75) is 0 Å². The zero-order valence-corrected chi connectivity index (χ0v) is 8.28. The fourth-order valence-electron chi connectivity index (χ4n) is 0.757. The molecule has 0 amide bonds. The van der Waals surface area contributed by atoms with E-state index in [0.29, 0.717) is 6.16 Å². The summed E-state index contributed by atoms with van der Waals surface area (Å²) < 4.78 is 13.6. The Morgan fingerprint density at radius 3 is 2.73 bits per heavy atom. The van der Waals surface area contributed by atoms with Crippen LogP contribution in [0.15, 0.2) is 11.0 Å². The molecule has 1 rings (SSSR count). The Hall–Kier alpha value is -0.160. The summed E-state index contributed by atoms with van der Waals surface area (Å²) >= 11 is 1.33. The number of hydrogen-bond acceptors (Lipinski definition) is 2. The molecule has 11 heavy (non-hydrogen) atoms. The van der Waals surface area contributed by atoms with Crippen molar-refractivity contribution in [1.82, 2.24) is 4.67 Å². The molecule has 0 N–H and O–H groups in total. The predicted molar refractivity (Wildman–Crippen MR) is 50.7 cm³/mol. The zero-order valence-electron chi connectivity index (χ0n) is 6.57. The lowest BCUT2D eigenvalue weighted by atomic mass is 10.5. The van der Waals surface area contributed by atoms with Crippen molar-refractivity contribution in [3.8, 4) is 12.3 Å². The van der Waals surface area contributed by atoms with Gasteiger partial charge in [-0.2, -0.15) is 0 Å². The second kappa shape index (κ2) is 3.06. The lowest BCUT2D eigenvalue weighted by molar-refractivity contribution is 0.533. The molecule has 0 saturated heterocycles. The summed E-state index contributed by atoms with van der Waals surface area (Å²) in [4.78, 5) is 0.807. The second-order valence-electron chi connectivity index (χ2n) is 2.47. The average molecular weight is 187 g/mol. The van der Waals surface area contributed by atoms with Gasteiger partial charge in [0.05, 0.1) is 4.91 Å². The first kappa shape index (κ1) is 8.93. The third-order valence-electron chi connectivity index (χ3n) is 1.50. The van der Waals surface area contributed by atoms with Gasteiger partial charge in [-0.05, 0) is 25.5 Å². The van der Waals surface area contributed by atoms with Crippen molar-refractivity contribution in [2.75, 3.05) is 20.3 Å². The van der Waals surface area contributed by atoms with Crippen molar-refractivity contribution in [3.63, 3.8) is 0 Å². The second-order valence-corrected chi connectivity index (χ2v) is 7.79. The minimum absolute atomic E-state index is 0.601. The first-order chi connectivity index (χ1) is 5.08. The molecule has 0 saturated carbocycles. The van der Waals surface area contributed by atoms with Gasteiger partial charge >= 0.3 is 0 Å². The van der Waals surface area contributed by atoms with Crippen LogP contribution in [0.2, 0.25) is 0 Å². The molecule has 4 heteroatoms. The first-order valence-corrected chi connectivity index (χ1v) is 6.48. The van der Waals surface area contributed by atoms with Crippen LogP contribution in [0.25, 0.3) is 0 Å². The standard InChI is InChI=1S/C7H10NOPS/c1-4-7-5-6-10(9,11-7)8(2)3/h1,5H,6H2,2-3H3. The molecule has 0 aromatic heterocycles. The molecule has 0 spiro atoms. The van der Waals surface area contributed by atoms with Crippen molar-refractivity contribution < 1.29 is 4.57 Å². The SMILES string of the molecule is C#CC1=CCP(=O)(N(C)C)S1. The number of hydrogen-bond donors (Lipinski definition) is 0. The maximum atomic E-state index is 11.8. The third-order valence-corrected chi connectivity index (χ3v) is 7.00. The van der Waals surface area contributed by atoms with Crippen LogP contribution in [0.3, 0.4) is 0 Å². The van der Waals surface area contributed by atoms with Gasteiger partial charge in [-0.3, -0.25) is 9.24 Å². The first-order valence-electron chi connectivity index (χ1n) is 3.22. The maximum Gasteiger partial charge on any atom is 0.211 e. The van der Waals surface area contributed by atoms with E-state index in [0.717, 1.165) is 4.91 Å². The monoisotopic (exact) mass is 187 g/mol. The van der Waals surface area contributed by atoms with Crippen LogP contribution in [0.1, 0.15) is 0 Å². The molecule has 1 aliphatic rings. The third kappa shape index (κ3) is 1.70. The molecular formula is C7H10NOPS. The number of nitrogens with zero attached hydrogens (tertiary/aromatic N) is 1. The number of terminal acetylenes is 1. The molecule has 0 aliphatic carbocycles. The van der Waals surface area contributed by atoms with Crippen molar-refractivity contribution >= 4 is 17.9 Å². The average Bonchev–Trinajstić information content (AvgIpc) is 2.33. The van der Waals surface area contributed by atoms with E-state index >= 15 is 0 Å². The van der Waals surface area contributed by atoms with E-state index in [1.807, 2.05) is 20.2 Å². The van der Waals surface area contributed by atoms with E-state index in [-0.39, 0.29) is 0 Å². The highest BCUT2D eigenvalue weighted by Gasteiger charge is 2.30. The van der Waals surface area contributed by atoms with Crippen LogP contribution in [-0.4, -0.2) is 24.9 Å². The van der Waals surface area contributed by atoms with Crippen molar-refractivity contribution in [1.29, 1.82) is 0 Å². The van der Waals surface area contributed by atoms with Gasteiger partial charge in [-0.15, -0.1) is 6.42 Å². The van der Waals surface area contributed by atoms with Gasteiger partial charge in [0.2, 0.25) is 6.49 Å². The number of rotatable bonds is 1. The van der Waals surface area contributed by atoms with Crippen LogP contribution in [0, 0.1) is 12.3 Å². The van der Waals surface area contributed by atoms with E-state index < -0.39 is 6.49 Å². The fourth-order valence-corrected chi connectivity index (χ4v) is 4.62. The van der Waals surface area contributed by atoms with E-state index in [1.165, 1.54) is 11.4 Å². The number of allylic oxidation sites excluding steroid dienone is 2. The summed E-state index contributed by atoms with van der Waals surface area (Å²) in [5.74, 6) is 2.50. The lowest BCUT2D eigenvalue weighted by Crippen LogP contribution is -2.05. The quantitative estimate of drug-likeness (QED) is 0.462. The molecular weight excluding hydrogens is 177 g/mol. The van der Waals surface area contributed by atoms with Gasteiger partial charge in [0.15, 0.2) is 0 Å². The van der Waals surface area contributed by atoms with Gasteiger partial charge in [-0.1, -0.05) is 12.0 Å². The lowest BCUT2D eigenvalue weighted by Gasteiger charge is -2.17. The molecule has 1 atom stereocenters. The molecule has 0 radical (unpaired) electrons. The molecule has 0 fully saturated rings. The van der Waals surface area contributed by atoms with E-state index in [2.05, 4.69) is 5.92 Å². The minimum atomic E-state index is -2.20. The topological polar surface area (TPSA) is 20.3 Å². The van der Waals surface area contributed by atoms with Crippen LogP contribution < -0.4 is 0 Å². The smallest absolute Gasteiger partial charge is 0.211 e. The molecule has 1 heterocycles. The van der Waals surface area contributed by atoms with Gasteiger partial charge in [0, 0.05) is 6.16 Å². The van der Waals surface area contributed by atoms with E-state index in [4.69, 9.17) is 6.42 Å². The summed E-state index contributed by atoms with van der Waals surface area (Å²) in [6.07, 6.45) is 7.64. The molecule has 1 unspecified atom stereocenters. The molecule has 1 aliphatic heterocycles. The Morgan fingerprint density at radius 2 is 2.45 bits per heavy atom. The van der Waals surface area contributed by atoms with Gasteiger partial charge in [0.25, 0.3) is 0 Å². The molecule has 0 aromatic carbocycles. The Bertz CT molecular complexity index is 277. The normalized spacial score (nSPS) is 30.2. The summed E-state index contributed by atoms with van der Waals surface area (Å²) in [6.45, 7) is -2.20. The molecule has 60 valence electrons. The van der Waals surface area contributed by atoms with Crippen molar-refractivity contribution in [2.24, 2.45) is 0 Å². The maximum absolute atomic E-state index is 11.8. The Labute approximate surface area is 71.2 Å². The molecule has 0 bridgehead atoms. The highest BCUT2D eigenvalue weighted by molar-refractivity contribution is 8.59. The van der Waals surface area contributed by atoms with Gasteiger partial charge in [-0.25, -0.2) is 0 Å². The molecule has 0 aromatic rings. The fraction of sp³-hybridized carbons (Fsp3) is 0.429. The summed E-state index contributed by atoms with van der Waals surface area (Å²) in [5, 5.41) is 0. The highest BCUT2D eigenvalue weighted by atomic mass is 32.7. The van der Waals surface area contributed by atoms with Crippen LogP contribution >= 0.6 is 17.9 Å². The van der Waals surface area contributed by atoms with Crippen molar-refractivity contribution in [3.05, 3.63) is 11.0 Å². The Kier molecular flexibility index (Phi) is 2.49. The van der Waals surface area contributed by atoms with Gasteiger partial charge in [0.1, 0.15) is 0 Å². The van der Waals surface area contributed by atoms with Crippen LogP contribution in [0.5, 0.6) is 0 Å². The zero-order chi connectivity index (χ0) is 8.48. The van der Waals surface area contributed by atoms with E-state index in [9.17, 15) is 4.57 Å². The van der Waals surface area contributed by atoms with Crippen LogP contribution in [-0.2, 0) is 4.57 Å². The summed E-state index contributed by atoms with van der Waals surface area (Å²) in [5.41, 5.74) is 0. The van der Waals surface area contributed by atoms with Gasteiger partial charge < -0.3 is 0 Å². The molecule has 2 nitrogen and oxygen atoms in total. The van der Waals surface area contributed by atoms with E-state index in [1.54, 1.807) is 4.67 Å². The minimum Gasteiger partial charge on any atom is -0.294 e. The predicted octanol–water partition coefficient (Wildman–Crippen LogP) is 2.00. The highest BCUT2D eigenvalue weighted by Crippen LogP contribution is 2.66. The largest absolute Gasteiger partial charge is 0.294 e.